The van der Waals surface area contributed by atoms with Crippen LogP contribution in [0.1, 0.15) is 114 Å². The number of halogens is 1. The van der Waals surface area contributed by atoms with Gasteiger partial charge in [0, 0.05) is 0 Å². The van der Waals surface area contributed by atoms with Gasteiger partial charge in [-0.25, -0.2) is 4.39 Å². The largest absolute Gasteiger partial charge is 0.207 e. The third-order valence-electron chi connectivity index (χ3n) is 8.24. The van der Waals surface area contributed by atoms with Crippen molar-refractivity contribution in [3.8, 4) is 11.1 Å². The van der Waals surface area contributed by atoms with E-state index in [1.807, 2.05) is 0 Å². The third-order valence-corrected chi connectivity index (χ3v) is 8.24. The summed E-state index contributed by atoms with van der Waals surface area (Å²) in [6.45, 7) is 4.58. The van der Waals surface area contributed by atoms with Gasteiger partial charge in [0.15, 0.2) is 0 Å². The number of benzene rings is 2. The minimum atomic E-state index is -0.00485. The van der Waals surface area contributed by atoms with E-state index in [2.05, 4.69) is 50.2 Å². The maximum absolute atomic E-state index is 15.0. The fourth-order valence-electron chi connectivity index (χ4n) is 6.35. The third kappa shape index (κ3) is 5.60. The normalized spacial score (nSPS) is 26.7. The Morgan fingerprint density at radius 3 is 1.68 bits per heavy atom. The van der Waals surface area contributed by atoms with Gasteiger partial charge in [0.25, 0.3) is 0 Å². The zero-order valence-corrected chi connectivity index (χ0v) is 19.7. The lowest BCUT2D eigenvalue weighted by Gasteiger charge is -2.29. The minimum absolute atomic E-state index is 0.00485. The van der Waals surface area contributed by atoms with Gasteiger partial charge < -0.3 is 0 Å². The van der Waals surface area contributed by atoms with Crippen molar-refractivity contribution in [2.45, 2.75) is 103 Å². The lowest BCUT2D eigenvalue weighted by molar-refractivity contribution is 0.304. The summed E-state index contributed by atoms with van der Waals surface area (Å²) >= 11 is 0. The predicted octanol–water partition coefficient (Wildman–Crippen LogP) is 9.64. The smallest absolute Gasteiger partial charge is 0.127 e. The van der Waals surface area contributed by atoms with E-state index in [1.54, 1.807) is 6.07 Å². The molecule has 2 aliphatic carbocycles. The Labute approximate surface area is 189 Å². The van der Waals surface area contributed by atoms with E-state index < -0.39 is 0 Å². The molecule has 0 radical (unpaired) electrons. The van der Waals surface area contributed by atoms with Gasteiger partial charge in [0.1, 0.15) is 5.82 Å². The van der Waals surface area contributed by atoms with Crippen molar-refractivity contribution in [3.63, 3.8) is 0 Å². The fourth-order valence-corrected chi connectivity index (χ4v) is 6.35. The molecule has 0 saturated heterocycles. The highest BCUT2D eigenvalue weighted by Gasteiger charge is 2.24. The summed E-state index contributed by atoms with van der Waals surface area (Å²) in [4.78, 5) is 0. The lowest BCUT2D eigenvalue weighted by Crippen LogP contribution is -2.14. The topological polar surface area (TPSA) is 0 Å². The Kier molecular flexibility index (Phi) is 7.86. The van der Waals surface area contributed by atoms with Gasteiger partial charge in [-0.05, 0) is 103 Å². The van der Waals surface area contributed by atoms with Crippen LogP contribution in [0.25, 0.3) is 11.1 Å². The van der Waals surface area contributed by atoms with Crippen molar-refractivity contribution >= 4 is 0 Å². The second-order valence-corrected chi connectivity index (χ2v) is 10.4. The Morgan fingerprint density at radius 2 is 1.16 bits per heavy atom. The first kappa shape index (κ1) is 22.6. The van der Waals surface area contributed by atoms with Crippen LogP contribution < -0.4 is 0 Å². The Bertz CT molecular complexity index is 805. The van der Waals surface area contributed by atoms with E-state index in [1.165, 1.54) is 69.8 Å². The summed E-state index contributed by atoms with van der Waals surface area (Å²) in [5.41, 5.74) is 4.57. The van der Waals surface area contributed by atoms with Gasteiger partial charge in [0.05, 0.1) is 0 Å². The van der Waals surface area contributed by atoms with Crippen LogP contribution in [0.5, 0.6) is 0 Å². The molecule has 0 atom stereocenters. The van der Waals surface area contributed by atoms with E-state index in [0.717, 1.165) is 41.4 Å². The average Bonchev–Trinajstić information content (AvgIpc) is 2.81. The molecule has 0 unspecified atom stereocenters. The molecule has 0 spiro atoms. The predicted molar refractivity (Wildman–Crippen MR) is 131 cm³/mol. The van der Waals surface area contributed by atoms with Crippen molar-refractivity contribution in [2.75, 3.05) is 0 Å². The molecule has 2 aromatic carbocycles. The van der Waals surface area contributed by atoms with Crippen molar-refractivity contribution in [1.82, 2.24) is 0 Å². The summed E-state index contributed by atoms with van der Waals surface area (Å²) in [5, 5.41) is 0. The first-order valence-corrected chi connectivity index (χ1v) is 13.1. The molecule has 2 fully saturated rings. The molecule has 2 aromatic rings. The molecule has 168 valence electrons. The SMILES string of the molecule is CCCC1CCC(c2ccc(-c3ccc(C4CCC(CCC)CC4)c(F)c3)cc2)CC1. The van der Waals surface area contributed by atoms with Gasteiger partial charge in [-0.2, -0.15) is 0 Å². The molecule has 4 rings (SSSR count). The molecule has 0 amide bonds. The van der Waals surface area contributed by atoms with Crippen LogP contribution in [0.15, 0.2) is 42.5 Å². The number of hydrogen-bond acceptors (Lipinski definition) is 0. The van der Waals surface area contributed by atoms with Crippen LogP contribution in [0.3, 0.4) is 0 Å². The molecule has 0 aromatic heterocycles. The second-order valence-electron chi connectivity index (χ2n) is 10.4. The highest BCUT2D eigenvalue weighted by molar-refractivity contribution is 5.64. The fraction of sp³-hybridized carbons (Fsp3) is 0.600. The maximum Gasteiger partial charge on any atom is 0.127 e. The summed E-state index contributed by atoms with van der Waals surface area (Å²) < 4.78 is 15.0. The highest BCUT2D eigenvalue weighted by Crippen LogP contribution is 2.40. The maximum atomic E-state index is 15.0. The molecule has 0 nitrogen and oxygen atoms in total. The zero-order chi connectivity index (χ0) is 21.6. The molecule has 0 heterocycles. The van der Waals surface area contributed by atoms with Gasteiger partial charge in [-0.3, -0.25) is 0 Å². The van der Waals surface area contributed by atoms with Crippen LogP contribution in [0.2, 0.25) is 0 Å². The Hall–Kier alpha value is -1.63. The number of hydrogen-bond donors (Lipinski definition) is 0. The monoisotopic (exact) mass is 420 g/mol. The summed E-state index contributed by atoms with van der Waals surface area (Å²) in [7, 11) is 0. The summed E-state index contributed by atoms with van der Waals surface area (Å²) in [6, 6.07) is 15.0. The van der Waals surface area contributed by atoms with Crippen LogP contribution in [-0.2, 0) is 0 Å². The first-order chi connectivity index (χ1) is 15.2. The van der Waals surface area contributed by atoms with E-state index in [0.29, 0.717) is 11.8 Å². The van der Waals surface area contributed by atoms with Crippen LogP contribution in [0.4, 0.5) is 4.39 Å². The molecular weight excluding hydrogens is 379 g/mol. The standard InChI is InChI=1S/C30H41F/c1-3-5-22-7-11-24(12-8-22)25-15-17-26(18-16-25)28-19-20-29(30(31)21-28)27-13-9-23(6-4-2)10-14-27/h15-24,27H,3-14H2,1-2H3. The number of rotatable bonds is 7. The Balaban J connectivity index is 1.38. The molecule has 0 bridgehead atoms. The summed E-state index contributed by atoms with van der Waals surface area (Å²) in [5.74, 6) is 2.93. The molecule has 0 N–H and O–H groups in total. The van der Waals surface area contributed by atoms with Gasteiger partial charge in [0.2, 0.25) is 0 Å². The van der Waals surface area contributed by atoms with E-state index >= 15 is 4.39 Å². The van der Waals surface area contributed by atoms with Crippen molar-refractivity contribution < 1.29 is 4.39 Å². The van der Waals surface area contributed by atoms with E-state index in [4.69, 9.17) is 0 Å². The molecular formula is C30H41F. The van der Waals surface area contributed by atoms with Crippen LogP contribution in [0, 0.1) is 17.7 Å². The van der Waals surface area contributed by atoms with Crippen molar-refractivity contribution in [1.29, 1.82) is 0 Å². The van der Waals surface area contributed by atoms with Crippen LogP contribution >= 0.6 is 0 Å². The minimum Gasteiger partial charge on any atom is -0.207 e. The average molecular weight is 421 g/mol. The van der Waals surface area contributed by atoms with Crippen LogP contribution in [-0.4, -0.2) is 0 Å². The van der Waals surface area contributed by atoms with E-state index in [9.17, 15) is 0 Å². The van der Waals surface area contributed by atoms with Gasteiger partial charge in [-0.15, -0.1) is 0 Å². The molecule has 2 saturated carbocycles. The molecule has 2 aliphatic rings. The highest BCUT2D eigenvalue weighted by atomic mass is 19.1. The molecule has 31 heavy (non-hydrogen) atoms. The van der Waals surface area contributed by atoms with Gasteiger partial charge >= 0.3 is 0 Å². The first-order valence-electron chi connectivity index (χ1n) is 13.1. The molecule has 0 aliphatic heterocycles. The van der Waals surface area contributed by atoms with Crippen molar-refractivity contribution in [3.05, 3.63) is 59.4 Å². The Morgan fingerprint density at radius 1 is 0.645 bits per heavy atom. The molecule has 1 heteroatoms. The summed E-state index contributed by atoms with van der Waals surface area (Å²) in [6.07, 6.45) is 15.6. The lowest BCUT2D eigenvalue weighted by atomic mass is 9.76. The zero-order valence-electron chi connectivity index (χ0n) is 19.7. The van der Waals surface area contributed by atoms with Gasteiger partial charge in [-0.1, -0.05) is 75.9 Å². The second kappa shape index (κ2) is 10.8. The quantitative estimate of drug-likeness (QED) is 0.418. The van der Waals surface area contributed by atoms with Crippen molar-refractivity contribution in [2.24, 2.45) is 11.8 Å². The van der Waals surface area contributed by atoms with E-state index in [-0.39, 0.29) is 5.82 Å².